The number of pyridine rings is 1. The fourth-order valence-electron chi connectivity index (χ4n) is 3.36. The van der Waals surface area contributed by atoms with E-state index in [1.165, 1.54) is 0 Å². The number of hydrogen-bond donors (Lipinski definition) is 2. The van der Waals surface area contributed by atoms with Gasteiger partial charge in [-0.05, 0) is 49.2 Å². The monoisotopic (exact) mass is 408 g/mol. The molecule has 0 saturated carbocycles. The summed E-state index contributed by atoms with van der Waals surface area (Å²) in [5.74, 6) is 0.557. The lowest BCUT2D eigenvalue weighted by Crippen LogP contribution is -2.42. The van der Waals surface area contributed by atoms with Gasteiger partial charge in [0.05, 0.1) is 16.9 Å². The minimum atomic E-state index is 0.0325. The minimum Gasteiger partial charge on any atom is -0.399 e. The summed E-state index contributed by atoms with van der Waals surface area (Å²) in [6.45, 7) is 1.34. The number of hydrogen-bond acceptors (Lipinski definition) is 6. The number of nitrogen functional groups attached to an aromatic ring is 1. The molecule has 8 heteroatoms. The van der Waals surface area contributed by atoms with E-state index in [1.807, 2.05) is 17.0 Å². The molecule has 1 amide bonds. The molecule has 148 valence electrons. The number of carbonyl (C=O) groups excluding carboxylic acids is 1. The molecule has 0 aliphatic carbocycles. The summed E-state index contributed by atoms with van der Waals surface area (Å²) in [6.07, 6.45) is 6.65. The number of carbonyl (C=O) groups is 1. The molecule has 3 N–H and O–H groups in total. The molecule has 29 heavy (non-hydrogen) atoms. The van der Waals surface area contributed by atoms with Gasteiger partial charge < -0.3 is 16.0 Å². The molecule has 1 aromatic carbocycles. The number of anilines is 2. The van der Waals surface area contributed by atoms with Crippen molar-refractivity contribution in [3.05, 3.63) is 65.6 Å². The number of amides is 1. The van der Waals surface area contributed by atoms with E-state index in [0.717, 1.165) is 18.4 Å². The van der Waals surface area contributed by atoms with Crippen LogP contribution in [0.15, 0.2) is 55.0 Å². The average molecular weight is 409 g/mol. The first-order valence-corrected chi connectivity index (χ1v) is 9.82. The molecule has 1 fully saturated rings. The van der Waals surface area contributed by atoms with Crippen LogP contribution in [0.1, 0.15) is 23.2 Å². The van der Waals surface area contributed by atoms with Crippen LogP contribution < -0.4 is 11.1 Å². The summed E-state index contributed by atoms with van der Waals surface area (Å²) in [4.78, 5) is 27.5. The normalized spacial score (nSPS) is 14.6. The smallest absolute Gasteiger partial charge is 0.253 e. The molecular formula is C21H21ClN6O. The van der Waals surface area contributed by atoms with Crippen molar-refractivity contribution < 1.29 is 4.79 Å². The van der Waals surface area contributed by atoms with E-state index in [9.17, 15) is 4.79 Å². The van der Waals surface area contributed by atoms with Crippen molar-refractivity contribution in [2.24, 2.45) is 0 Å². The van der Waals surface area contributed by atoms with Gasteiger partial charge in [0, 0.05) is 48.3 Å². The summed E-state index contributed by atoms with van der Waals surface area (Å²) < 4.78 is 0. The van der Waals surface area contributed by atoms with E-state index in [-0.39, 0.29) is 11.9 Å². The van der Waals surface area contributed by atoms with Crippen LogP contribution in [-0.4, -0.2) is 44.9 Å². The fourth-order valence-corrected chi connectivity index (χ4v) is 3.56. The third kappa shape index (κ3) is 4.46. The highest BCUT2D eigenvalue weighted by Crippen LogP contribution is 2.26. The number of halogens is 1. The van der Waals surface area contributed by atoms with Crippen molar-refractivity contribution in [2.75, 3.05) is 24.1 Å². The van der Waals surface area contributed by atoms with Crippen molar-refractivity contribution in [2.45, 2.75) is 18.9 Å². The second-order valence-electron chi connectivity index (χ2n) is 6.96. The first kappa shape index (κ1) is 19.1. The Kier molecular flexibility index (Phi) is 5.57. The summed E-state index contributed by atoms with van der Waals surface area (Å²) in [5.41, 5.74) is 8.49. The number of nitrogens with two attached hydrogens (primary N) is 1. The van der Waals surface area contributed by atoms with Gasteiger partial charge in [-0.3, -0.25) is 9.78 Å². The number of nitrogens with zero attached hydrogens (tertiary/aromatic N) is 4. The Morgan fingerprint density at radius 1 is 1.14 bits per heavy atom. The summed E-state index contributed by atoms with van der Waals surface area (Å²) in [6, 6.07) is 11.0. The van der Waals surface area contributed by atoms with E-state index in [0.29, 0.717) is 41.0 Å². The number of rotatable bonds is 4. The maximum Gasteiger partial charge on any atom is 0.253 e. The lowest BCUT2D eigenvalue weighted by Gasteiger charge is -2.32. The Morgan fingerprint density at radius 2 is 1.90 bits per heavy atom. The van der Waals surface area contributed by atoms with E-state index >= 15 is 0 Å². The Bertz CT molecular complexity index is 988. The van der Waals surface area contributed by atoms with Crippen molar-refractivity contribution >= 4 is 29.1 Å². The molecule has 3 heterocycles. The Balaban J connectivity index is 1.39. The molecule has 2 aromatic heterocycles. The molecule has 0 unspecified atom stereocenters. The standard InChI is InChI=1S/C21H21ClN6O/c22-18-13-25-21(27-19(18)15-2-1-9-24-12-15)26-17-7-10-28(11-8-17)20(29)14-3-5-16(23)6-4-14/h1-6,9,12-13,17H,7-8,10-11,23H2,(H,25,26,27). The fraction of sp³-hybridized carbons (Fsp3) is 0.238. The Morgan fingerprint density at radius 3 is 2.59 bits per heavy atom. The zero-order chi connectivity index (χ0) is 20.2. The number of piperidine rings is 1. The van der Waals surface area contributed by atoms with Gasteiger partial charge in [-0.2, -0.15) is 0 Å². The van der Waals surface area contributed by atoms with Gasteiger partial charge in [-0.1, -0.05) is 11.6 Å². The van der Waals surface area contributed by atoms with Crippen LogP contribution in [0.3, 0.4) is 0 Å². The first-order valence-electron chi connectivity index (χ1n) is 9.44. The SMILES string of the molecule is Nc1ccc(C(=O)N2CCC(Nc3ncc(Cl)c(-c4cccnc4)n3)CC2)cc1. The Hall–Kier alpha value is -3.19. The van der Waals surface area contributed by atoms with Gasteiger partial charge in [0.2, 0.25) is 5.95 Å². The van der Waals surface area contributed by atoms with Gasteiger partial charge >= 0.3 is 0 Å². The zero-order valence-corrected chi connectivity index (χ0v) is 16.5. The number of aromatic nitrogens is 3. The third-order valence-electron chi connectivity index (χ3n) is 4.95. The van der Waals surface area contributed by atoms with E-state index in [4.69, 9.17) is 17.3 Å². The van der Waals surface area contributed by atoms with Gasteiger partial charge in [-0.15, -0.1) is 0 Å². The lowest BCUT2D eigenvalue weighted by atomic mass is 10.0. The van der Waals surface area contributed by atoms with Crippen molar-refractivity contribution in [1.29, 1.82) is 0 Å². The molecule has 3 aromatic rings. The van der Waals surface area contributed by atoms with Gasteiger partial charge in [-0.25, -0.2) is 9.97 Å². The predicted octanol–water partition coefficient (Wildman–Crippen LogP) is 3.49. The second-order valence-corrected chi connectivity index (χ2v) is 7.37. The quantitative estimate of drug-likeness (QED) is 0.641. The van der Waals surface area contributed by atoms with Crippen molar-refractivity contribution in [3.8, 4) is 11.3 Å². The molecule has 0 atom stereocenters. The third-order valence-corrected chi connectivity index (χ3v) is 5.23. The molecule has 7 nitrogen and oxygen atoms in total. The topological polar surface area (TPSA) is 97.0 Å². The molecule has 1 aliphatic heterocycles. The van der Waals surface area contributed by atoms with E-state index in [1.54, 1.807) is 42.9 Å². The molecule has 1 saturated heterocycles. The van der Waals surface area contributed by atoms with Crippen LogP contribution in [0.25, 0.3) is 11.3 Å². The molecule has 4 rings (SSSR count). The van der Waals surface area contributed by atoms with Crippen LogP contribution in [0, 0.1) is 0 Å². The van der Waals surface area contributed by atoms with Crippen LogP contribution in [0.2, 0.25) is 5.02 Å². The van der Waals surface area contributed by atoms with Gasteiger partial charge in [0.15, 0.2) is 0 Å². The highest BCUT2D eigenvalue weighted by atomic mass is 35.5. The number of nitrogens with one attached hydrogen (secondary N) is 1. The molecule has 0 spiro atoms. The highest BCUT2D eigenvalue weighted by molar-refractivity contribution is 6.32. The molecule has 1 aliphatic rings. The van der Waals surface area contributed by atoms with Crippen LogP contribution in [-0.2, 0) is 0 Å². The maximum absolute atomic E-state index is 12.6. The zero-order valence-electron chi connectivity index (χ0n) is 15.8. The first-order chi connectivity index (χ1) is 14.1. The largest absolute Gasteiger partial charge is 0.399 e. The van der Waals surface area contributed by atoms with Crippen LogP contribution in [0.4, 0.5) is 11.6 Å². The summed E-state index contributed by atoms with van der Waals surface area (Å²) >= 11 is 6.26. The van der Waals surface area contributed by atoms with Crippen molar-refractivity contribution in [1.82, 2.24) is 19.9 Å². The molecular weight excluding hydrogens is 388 g/mol. The molecule has 0 bridgehead atoms. The number of likely N-dealkylation sites (tertiary alicyclic amines) is 1. The predicted molar refractivity (Wildman–Crippen MR) is 114 cm³/mol. The van der Waals surface area contributed by atoms with Gasteiger partial charge in [0.1, 0.15) is 0 Å². The van der Waals surface area contributed by atoms with Gasteiger partial charge in [0.25, 0.3) is 5.91 Å². The van der Waals surface area contributed by atoms with Crippen LogP contribution in [0.5, 0.6) is 0 Å². The maximum atomic E-state index is 12.6. The Labute approximate surface area is 174 Å². The molecule has 0 radical (unpaired) electrons. The number of benzene rings is 1. The minimum absolute atomic E-state index is 0.0325. The average Bonchev–Trinajstić information content (AvgIpc) is 2.76. The second kappa shape index (κ2) is 8.45. The highest BCUT2D eigenvalue weighted by Gasteiger charge is 2.24. The van der Waals surface area contributed by atoms with Crippen LogP contribution >= 0.6 is 11.6 Å². The lowest BCUT2D eigenvalue weighted by molar-refractivity contribution is 0.0718. The van der Waals surface area contributed by atoms with Crippen molar-refractivity contribution in [3.63, 3.8) is 0 Å². The summed E-state index contributed by atoms with van der Waals surface area (Å²) in [5, 5.41) is 3.85. The summed E-state index contributed by atoms with van der Waals surface area (Å²) in [7, 11) is 0. The van der Waals surface area contributed by atoms with E-state index in [2.05, 4.69) is 20.3 Å². The van der Waals surface area contributed by atoms with E-state index < -0.39 is 0 Å².